The molecular formula is C22H28N2O2. The lowest BCUT2D eigenvalue weighted by atomic mass is 10.1. The number of nitrogens with zero attached hydrogens (tertiary/aromatic N) is 2. The Kier molecular flexibility index (Phi) is 5.94. The Morgan fingerprint density at radius 1 is 1.12 bits per heavy atom. The number of para-hydroxylation sites is 2. The number of hydrogen-bond donors (Lipinski definition) is 1. The predicted molar refractivity (Wildman–Crippen MR) is 106 cm³/mol. The van der Waals surface area contributed by atoms with Gasteiger partial charge in [-0.15, -0.1) is 0 Å². The van der Waals surface area contributed by atoms with E-state index in [4.69, 9.17) is 4.74 Å². The molecule has 4 nitrogen and oxygen atoms in total. The molecular weight excluding hydrogens is 324 g/mol. The lowest BCUT2D eigenvalue weighted by molar-refractivity contribution is 0.152. The van der Waals surface area contributed by atoms with Crippen LogP contribution >= 0.6 is 0 Å². The molecule has 26 heavy (non-hydrogen) atoms. The zero-order valence-corrected chi connectivity index (χ0v) is 15.9. The van der Waals surface area contributed by atoms with Crippen molar-refractivity contribution in [1.82, 2.24) is 9.55 Å². The molecule has 138 valence electrons. The summed E-state index contributed by atoms with van der Waals surface area (Å²) >= 11 is 0. The van der Waals surface area contributed by atoms with E-state index in [1.807, 2.05) is 18.2 Å². The smallest absolute Gasteiger partial charge is 0.138 e. The van der Waals surface area contributed by atoms with Gasteiger partial charge in [0.05, 0.1) is 17.6 Å². The molecule has 0 spiro atoms. The minimum absolute atomic E-state index is 0.521. The number of aryl methyl sites for hydroxylation is 3. The predicted octanol–water partition coefficient (Wildman–Crippen LogP) is 4.96. The van der Waals surface area contributed by atoms with Gasteiger partial charge in [-0.1, -0.05) is 31.5 Å². The van der Waals surface area contributed by atoms with Crippen LogP contribution in [0.3, 0.4) is 0 Å². The number of rotatable bonds is 8. The van der Waals surface area contributed by atoms with E-state index in [1.54, 1.807) is 0 Å². The fraction of sp³-hybridized carbons (Fsp3) is 0.409. The number of aliphatic hydroxyl groups is 1. The summed E-state index contributed by atoms with van der Waals surface area (Å²) in [6.45, 7) is 7.66. The fourth-order valence-electron chi connectivity index (χ4n) is 3.41. The van der Waals surface area contributed by atoms with E-state index in [9.17, 15) is 5.11 Å². The van der Waals surface area contributed by atoms with Crippen LogP contribution in [0.2, 0.25) is 0 Å². The van der Waals surface area contributed by atoms with E-state index in [1.165, 1.54) is 11.1 Å². The quantitative estimate of drug-likeness (QED) is 0.583. The van der Waals surface area contributed by atoms with Crippen molar-refractivity contribution < 1.29 is 9.84 Å². The molecule has 0 aliphatic carbocycles. The molecule has 0 saturated carbocycles. The van der Waals surface area contributed by atoms with Crippen LogP contribution in [0.25, 0.3) is 11.0 Å². The van der Waals surface area contributed by atoms with E-state index in [0.717, 1.165) is 48.4 Å². The Morgan fingerprint density at radius 2 is 1.85 bits per heavy atom. The van der Waals surface area contributed by atoms with E-state index in [0.29, 0.717) is 6.61 Å². The molecule has 0 bridgehead atoms. The Bertz CT molecular complexity index is 849. The van der Waals surface area contributed by atoms with Crippen molar-refractivity contribution in [3.8, 4) is 5.75 Å². The van der Waals surface area contributed by atoms with E-state index in [2.05, 4.69) is 54.6 Å². The number of ether oxygens (including phenoxy) is 1. The monoisotopic (exact) mass is 352 g/mol. The maximum atomic E-state index is 10.5. The zero-order valence-electron chi connectivity index (χ0n) is 15.9. The first-order valence-electron chi connectivity index (χ1n) is 9.43. The van der Waals surface area contributed by atoms with Crippen LogP contribution in [0.5, 0.6) is 5.75 Å². The molecule has 3 rings (SSSR count). The summed E-state index contributed by atoms with van der Waals surface area (Å²) < 4.78 is 8.07. The Morgan fingerprint density at radius 3 is 2.58 bits per heavy atom. The van der Waals surface area contributed by atoms with Crippen molar-refractivity contribution in [2.75, 3.05) is 6.61 Å². The van der Waals surface area contributed by atoms with Crippen molar-refractivity contribution in [3.63, 3.8) is 0 Å². The molecule has 4 heteroatoms. The third kappa shape index (κ3) is 4.25. The second kappa shape index (κ2) is 8.37. The van der Waals surface area contributed by atoms with Crippen LogP contribution in [0.15, 0.2) is 42.5 Å². The van der Waals surface area contributed by atoms with Crippen molar-refractivity contribution in [3.05, 3.63) is 59.4 Å². The van der Waals surface area contributed by atoms with Crippen molar-refractivity contribution in [2.24, 2.45) is 0 Å². The molecule has 0 aliphatic heterocycles. The first-order valence-corrected chi connectivity index (χ1v) is 9.43. The Labute approximate surface area is 155 Å². The highest BCUT2D eigenvalue weighted by atomic mass is 16.5. The molecule has 0 unspecified atom stereocenters. The largest absolute Gasteiger partial charge is 0.494 e. The maximum absolute atomic E-state index is 10.5. The van der Waals surface area contributed by atoms with Gasteiger partial charge >= 0.3 is 0 Å². The average molecular weight is 352 g/mol. The maximum Gasteiger partial charge on any atom is 0.138 e. The van der Waals surface area contributed by atoms with Gasteiger partial charge < -0.3 is 14.4 Å². The highest BCUT2D eigenvalue weighted by Gasteiger charge is 2.17. The van der Waals surface area contributed by atoms with Crippen LogP contribution in [-0.2, 0) is 6.54 Å². The number of imidazole rings is 1. The molecule has 2 aromatic carbocycles. The van der Waals surface area contributed by atoms with Crippen molar-refractivity contribution in [2.45, 2.75) is 52.7 Å². The zero-order chi connectivity index (χ0) is 18.5. The van der Waals surface area contributed by atoms with Gasteiger partial charge in [0, 0.05) is 6.54 Å². The van der Waals surface area contributed by atoms with Crippen molar-refractivity contribution in [1.29, 1.82) is 0 Å². The highest BCUT2D eigenvalue weighted by Crippen LogP contribution is 2.24. The van der Waals surface area contributed by atoms with Gasteiger partial charge in [-0.05, 0) is 62.1 Å². The second-order valence-corrected chi connectivity index (χ2v) is 6.94. The molecule has 0 fully saturated rings. The molecule has 0 saturated heterocycles. The number of aromatic nitrogens is 2. The van der Waals surface area contributed by atoms with Crippen LogP contribution in [0, 0.1) is 13.8 Å². The van der Waals surface area contributed by atoms with Gasteiger partial charge in [0.1, 0.15) is 17.7 Å². The molecule has 1 heterocycles. The summed E-state index contributed by atoms with van der Waals surface area (Å²) in [4.78, 5) is 4.66. The number of benzene rings is 2. The standard InChI is InChI=1S/C22H28N2O2/c1-4-8-21(25)22-23-19-9-5-6-10-20(19)24(22)11-7-12-26-18-14-16(2)13-17(3)15-18/h5-6,9-10,13-15,21,25H,4,7-8,11-12H2,1-3H3/t21-/m0/s1. The average Bonchev–Trinajstić information content (AvgIpc) is 2.97. The van der Waals surface area contributed by atoms with Crippen molar-refractivity contribution >= 4 is 11.0 Å². The summed E-state index contributed by atoms with van der Waals surface area (Å²) in [5, 5.41) is 10.5. The van der Waals surface area contributed by atoms with E-state index >= 15 is 0 Å². The molecule has 0 aliphatic rings. The normalized spacial score (nSPS) is 12.5. The topological polar surface area (TPSA) is 47.3 Å². The van der Waals surface area contributed by atoms with Gasteiger partial charge in [0.2, 0.25) is 0 Å². The lowest BCUT2D eigenvalue weighted by Crippen LogP contribution is -2.11. The van der Waals surface area contributed by atoms with Gasteiger partial charge in [0.15, 0.2) is 0 Å². The lowest BCUT2D eigenvalue weighted by Gasteiger charge is -2.14. The summed E-state index contributed by atoms with van der Waals surface area (Å²) in [5.41, 5.74) is 4.44. The number of fused-ring (bicyclic) bond motifs is 1. The van der Waals surface area contributed by atoms with Crippen LogP contribution < -0.4 is 4.74 Å². The minimum atomic E-state index is -0.521. The summed E-state index contributed by atoms with van der Waals surface area (Å²) in [6, 6.07) is 14.3. The van der Waals surface area contributed by atoms with Crippen LogP contribution in [0.1, 0.15) is 49.2 Å². The summed E-state index contributed by atoms with van der Waals surface area (Å²) in [6.07, 6.45) is 2.00. The van der Waals surface area contributed by atoms with Gasteiger partial charge in [-0.25, -0.2) is 4.98 Å². The number of hydrogen-bond acceptors (Lipinski definition) is 3. The first-order chi connectivity index (χ1) is 12.6. The van der Waals surface area contributed by atoms with Crippen LogP contribution in [0.4, 0.5) is 0 Å². The molecule has 3 aromatic rings. The summed E-state index contributed by atoms with van der Waals surface area (Å²) in [7, 11) is 0. The van der Waals surface area contributed by atoms with Gasteiger partial charge in [-0.2, -0.15) is 0 Å². The first kappa shape index (κ1) is 18.5. The SMILES string of the molecule is CCC[C@H](O)c1nc2ccccc2n1CCCOc1cc(C)cc(C)c1. The molecule has 0 amide bonds. The van der Waals surface area contributed by atoms with Crippen LogP contribution in [-0.4, -0.2) is 21.3 Å². The third-order valence-electron chi connectivity index (χ3n) is 4.53. The van der Waals surface area contributed by atoms with E-state index in [-0.39, 0.29) is 0 Å². The van der Waals surface area contributed by atoms with Gasteiger partial charge in [-0.3, -0.25) is 0 Å². The Balaban J connectivity index is 1.70. The second-order valence-electron chi connectivity index (χ2n) is 6.94. The third-order valence-corrected chi connectivity index (χ3v) is 4.53. The molecule has 1 N–H and O–H groups in total. The number of aliphatic hydroxyl groups excluding tert-OH is 1. The summed E-state index contributed by atoms with van der Waals surface area (Å²) in [5.74, 6) is 1.68. The molecule has 0 radical (unpaired) electrons. The Hall–Kier alpha value is -2.33. The molecule has 1 atom stereocenters. The van der Waals surface area contributed by atoms with Gasteiger partial charge in [0.25, 0.3) is 0 Å². The molecule has 1 aromatic heterocycles. The fourth-order valence-corrected chi connectivity index (χ4v) is 3.41. The van der Waals surface area contributed by atoms with E-state index < -0.39 is 6.10 Å². The highest BCUT2D eigenvalue weighted by molar-refractivity contribution is 5.76. The minimum Gasteiger partial charge on any atom is -0.494 e.